The van der Waals surface area contributed by atoms with E-state index < -0.39 is 26.6 Å². The molecule has 3 aromatic rings. The van der Waals surface area contributed by atoms with Crippen LogP contribution in [0.25, 0.3) is 11.1 Å². The first-order valence-corrected chi connectivity index (χ1v) is 11.5. The number of carbonyl (C=O) groups excluding carboxylic acids is 1. The van der Waals surface area contributed by atoms with Gasteiger partial charge < -0.3 is 5.73 Å². The third-order valence-electron chi connectivity index (χ3n) is 5.44. The summed E-state index contributed by atoms with van der Waals surface area (Å²) in [6, 6.07) is 12.0. The lowest BCUT2D eigenvalue weighted by atomic mass is 9.82. The molecule has 0 fully saturated rings. The summed E-state index contributed by atoms with van der Waals surface area (Å²) in [5.41, 5.74) is 5.51. The van der Waals surface area contributed by atoms with Crippen molar-refractivity contribution in [2.45, 2.75) is 10.4 Å². The largest absolute Gasteiger partial charge is 0.369 e. The Labute approximate surface area is 190 Å². The third kappa shape index (κ3) is 3.84. The van der Waals surface area contributed by atoms with Crippen LogP contribution >= 0.6 is 10.2 Å². The van der Waals surface area contributed by atoms with Crippen molar-refractivity contribution in [1.82, 2.24) is 9.88 Å². The molecule has 0 saturated carbocycles. The highest BCUT2D eigenvalue weighted by atomic mass is 32.5. The van der Waals surface area contributed by atoms with Gasteiger partial charge in [0.15, 0.2) is 11.5 Å². The Kier molecular flexibility index (Phi) is 4.62. The maximum absolute atomic E-state index is 13.3. The van der Waals surface area contributed by atoms with E-state index in [1.807, 2.05) is 6.07 Å². The van der Waals surface area contributed by atoms with Gasteiger partial charge in [-0.2, -0.15) is 5.26 Å². The number of amides is 1. The van der Waals surface area contributed by atoms with E-state index in [2.05, 4.69) is 9.98 Å². The zero-order valence-electron chi connectivity index (χ0n) is 17.4. The van der Waals surface area contributed by atoms with E-state index in [1.165, 1.54) is 25.5 Å². The number of likely N-dealkylation sites (N-methyl/N-ethyl adjacent to an activating group) is 1. The number of hydrogen-bond donors (Lipinski definition) is 1. The smallest absolute Gasteiger partial charge is 0.310 e. The highest BCUT2D eigenvalue weighted by Crippen LogP contribution is 3.02. The van der Waals surface area contributed by atoms with E-state index in [0.717, 1.165) is 17.0 Å². The average molecular weight is 493 g/mol. The summed E-state index contributed by atoms with van der Waals surface area (Å²) in [6.45, 7) is 0. The van der Waals surface area contributed by atoms with Crippen molar-refractivity contribution in [3.05, 3.63) is 83.7 Å². The molecule has 1 unspecified atom stereocenters. The van der Waals surface area contributed by atoms with Crippen LogP contribution in [0.4, 0.5) is 19.4 Å². The highest BCUT2D eigenvalue weighted by molar-refractivity contribution is 8.45. The van der Waals surface area contributed by atoms with Gasteiger partial charge in [0.05, 0.1) is 5.56 Å². The quantitative estimate of drug-likeness (QED) is 0.499. The Morgan fingerprint density at radius 2 is 1.65 bits per heavy atom. The van der Waals surface area contributed by atoms with E-state index in [4.69, 9.17) is 11.0 Å². The number of aliphatic imine (C=N–C) groups is 1. The van der Waals surface area contributed by atoms with Crippen LogP contribution in [-0.2, 0) is 10.3 Å². The van der Waals surface area contributed by atoms with E-state index in [0.29, 0.717) is 16.7 Å². The number of rotatable bonds is 4. The van der Waals surface area contributed by atoms with Crippen molar-refractivity contribution in [3.8, 4) is 17.2 Å². The molecule has 2 heterocycles. The first kappa shape index (κ1) is 23.2. The molecule has 1 aliphatic heterocycles. The molecule has 0 aliphatic carbocycles. The van der Waals surface area contributed by atoms with Gasteiger partial charge in [0, 0.05) is 25.0 Å². The molecule has 6 nitrogen and oxygen atoms in total. The first-order chi connectivity index (χ1) is 15.7. The van der Waals surface area contributed by atoms with Crippen molar-refractivity contribution >= 4 is 22.1 Å². The first-order valence-electron chi connectivity index (χ1n) is 9.60. The average Bonchev–Trinajstić information content (AvgIpc) is 3.02. The van der Waals surface area contributed by atoms with E-state index in [-0.39, 0.29) is 29.2 Å². The molecule has 1 atom stereocenters. The summed E-state index contributed by atoms with van der Waals surface area (Å²) in [5, 5.41) is 9.13. The van der Waals surface area contributed by atoms with E-state index >= 15 is 0 Å². The van der Waals surface area contributed by atoms with Crippen LogP contribution in [0, 0.1) is 11.3 Å². The Morgan fingerprint density at radius 3 is 2.21 bits per heavy atom. The second-order valence-electron chi connectivity index (χ2n) is 7.69. The van der Waals surface area contributed by atoms with Crippen molar-refractivity contribution in [1.29, 1.82) is 5.26 Å². The second kappa shape index (κ2) is 6.77. The number of nitrogens with two attached hydrogens (primary N) is 1. The van der Waals surface area contributed by atoms with Crippen LogP contribution in [0.2, 0.25) is 0 Å². The zero-order chi connectivity index (χ0) is 25.0. The molecule has 34 heavy (non-hydrogen) atoms. The molecule has 2 aromatic carbocycles. The second-order valence-corrected chi connectivity index (χ2v) is 10.1. The number of halogens is 5. The summed E-state index contributed by atoms with van der Waals surface area (Å²) >= 11 is 0. The SMILES string of the molecule is CN1C(=O)C(c2ccc(S(F)(F)(F)(F)F)cc2)(c2cccc(-c3cncc(C#N)c3)c2)N=C1N. The minimum absolute atomic E-state index is 0.0727. The molecule has 1 aliphatic rings. The van der Waals surface area contributed by atoms with E-state index in [1.54, 1.807) is 24.3 Å². The van der Waals surface area contributed by atoms with Gasteiger partial charge in [0.25, 0.3) is 5.91 Å². The summed E-state index contributed by atoms with van der Waals surface area (Å²) in [4.78, 5) is 20.5. The molecular formula is C22H16F5N5OS. The fourth-order valence-electron chi connectivity index (χ4n) is 3.72. The number of nitriles is 1. The van der Waals surface area contributed by atoms with Crippen LogP contribution in [0.1, 0.15) is 16.7 Å². The maximum atomic E-state index is 13.3. The lowest BCUT2D eigenvalue weighted by Crippen LogP contribution is -2.41. The van der Waals surface area contributed by atoms with Crippen molar-refractivity contribution in [2.75, 3.05) is 7.05 Å². The predicted molar refractivity (Wildman–Crippen MR) is 117 cm³/mol. The molecule has 176 valence electrons. The monoisotopic (exact) mass is 493 g/mol. The van der Waals surface area contributed by atoms with Crippen molar-refractivity contribution in [3.63, 3.8) is 0 Å². The fourth-order valence-corrected chi connectivity index (χ4v) is 4.37. The van der Waals surface area contributed by atoms with Gasteiger partial charge in [-0.3, -0.25) is 14.7 Å². The number of hydrogen-bond acceptors (Lipinski definition) is 5. The minimum Gasteiger partial charge on any atom is -0.369 e. The molecule has 0 spiro atoms. The summed E-state index contributed by atoms with van der Waals surface area (Å²) in [6.07, 6.45) is 2.87. The Balaban J connectivity index is 1.92. The zero-order valence-corrected chi connectivity index (χ0v) is 18.2. The number of aromatic nitrogens is 1. The molecule has 1 amide bonds. The standard InChI is InChI=1S/C22H16F5N5OS/c1-32-20(33)22(31-21(32)29,17-5-7-19(8-6-17)34(23,24,25,26)27)18-4-2-3-15(10-18)16-9-14(11-28)12-30-13-16/h2-10,12-13H,1H3,(H2,29,31). The van der Waals surface area contributed by atoms with Gasteiger partial charge in [-0.25, -0.2) is 4.99 Å². The molecule has 0 radical (unpaired) electrons. The van der Waals surface area contributed by atoms with Crippen LogP contribution in [-0.4, -0.2) is 28.8 Å². The molecule has 4 rings (SSSR count). The van der Waals surface area contributed by atoms with E-state index in [9.17, 15) is 24.2 Å². The molecule has 0 saturated heterocycles. The van der Waals surface area contributed by atoms with Gasteiger partial charge in [0.2, 0.25) is 0 Å². The van der Waals surface area contributed by atoms with Gasteiger partial charge in [-0.15, -0.1) is 0 Å². The number of pyridine rings is 1. The third-order valence-corrected chi connectivity index (χ3v) is 6.60. The maximum Gasteiger partial charge on any atom is 0.310 e. The molecular weight excluding hydrogens is 477 g/mol. The fraction of sp³-hybridized carbons (Fsp3) is 0.0909. The number of nitrogens with zero attached hydrogens (tertiary/aromatic N) is 4. The summed E-state index contributed by atoms with van der Waals surface area (Å²) in [7, 11) is -8.57. The topological polar surface area (TPSA) is 95.4 Å². The highest BCUT2D eigenvalue weighted by Gasteiger charge is 2.65. The van der Waals surface area contributed by atoms with Crippen LogP contribution in [0.5, 0.6) is 0 Å². The molecule has 2 N–H and O–H groups in total. The van der Waals surface area contributed by atoms with Gasteiger partial charge in [-0.1, -0.05) is 49.8 Å². The molecule has 0 bridgehead atoms. The van der Waals surface area contributed by atoms with Crippen LogP contribution in [0.3, 0.4) is 0 Å². The molecule has 1 aromatic heterocycles. The van der Waals surface area contributed by atoms with Crippen LogP contribution in [0.15, 0.2) is 76.9 Å². The normalized spacial score (nSPS) is 20.3. The Bertz CT molecular complexity index is 1400. The lowest BCUT2D eigenvalue weighted by molar-refractivity contribution is -0.129. The molecule has 12 heteroatoms. The summed E-state index contributed by atoms with van der Waals surface area (Å²) in [5.74, 6) is -0.869. The predicted octanol–water partition coefficient (Wildman–Crippen LogP) is 5.31. The van der Waals surface area contributed by atoms with Crippen molar-refractivity contribution in [2.24, 2.45) is 10.7 Å². The number of benzene rings is 2. The minimum atomic E-state index is -9.91. The van der Waals surface area contributed by atoms with Crippen molar-refractivity contribution < 1.29 is 24.2 Å². The Hall–Kier alpha value is -3.98. The van der Waals surface area contributed by atoms with Gasteiger partial charge >= 0.3 is 10.2 Å². The van der Waals surface area contributed by atoms with Gasteiger partial charge in [0.1, 0.15) is 11.0 Å². The lowest BCUT2D eigenvalue weighted by Gasteiger charge is -2.40. The number of carbonyl (C=O) groups is 1. The van der Waals surface area contributed by atoms with Crippen LogP contribution < -0.4 is 5.73 Å². The summed E-state index contributed by atoms with van der Waals surface area (Å²) < 4.78 is 66.1. The Morgan fingerprint density at radius 1 is 0.971 bits per heavy atom. The number of guanidine groups is 1. The van der Waals surface area contributed by atoms with Gasteiger partial charge in [-0.05, 0) is 41.0 Å².